The number of allylic oxidation sites excluding steroid dienone is 1. The molecule has 0 amide bonds. The molecule has 2 N–H and O–H groups in total. The zero-order chi connectivity index (χ0) is 42.3. The SMILES string of the molecule is C=C1Cc2cc3ccccc3c(c2O)-c2c(ccc3ccccc23)OCCOCCOCCOCCOCCOc2ccc3ccccc3c2-c2c(O)c(cc3ccccc23)C1. The lowest BCUT2D eigenvalue weighted by molar-refractivity contribution is -0.00695. The third-order valence-corrected chi connectivity index (χ3v) is 11.5. The molecule has 0 spiro atoms. The van der Waals surface area contributed by atoms with E-state index in [4.69, 9.17) is 28.4 Å². The first kappa shape index (κ1) is 41.0. The number of aromatic hydroxyl groups is 2. The molecule has 0 saturated carbocycles. The standard InChI is InChI=1S/C54H50O8/c1-36-32-41-34-39-12-4-8-16-45(39)51(53(41)55)49-43-14-6-2-10-37(43)18-20-47(49)61-30-28-59-26-24-57-22-23-58-25-27-60-29-31-62-48-21-19-38-11-3-7-15-44(38)50(48)52-46-17-9-5-13-40(46)35-42(33-36)54(52)56/h2-21,34-35,55-56H,1,22-33H2. The molecule has 0 atom stereocenters. The highest BCUT2D eigenvalue weighted by atomic mass is 16.6. The van der Waals surface area contributed by atoms with Crippen molar-refractivity contribution in [1.29, 1.82) is 0 Å². The summed E-state index contributed by atoms with van der Waals surface area (Å²) in [6, 6.07) is 44.7. The van der Waals surface area contributed by atoms with Gasteiger partial charge in [0, 0.05) is 22.3 Å². The number of benzene rings is 8. The van der Waals surface area contributed by atoms with Gasteiger partial charge < -0.3 is 38.6 Å². The molecule has 0 saturated heterocycles. The second-order valence-corrected chi connectivity index (χ2v) is 15.5. The van der Waals surface area contributed by atoms with Gasteiger partial charge in [-0.25, -0.2) is 0 Å². The van der Waals surface area contributed by atoms with Gasteiger partial charge in [-0.15, -0.1) is 0 Å². The second kappa shape index (κ2) is 19.1. The maximum Gasteiger partial charge on any atom is 0.128 e. The topological polar surface area (TPSA) is 95.8 Å². The van der Waals surface area contributed by atoms with Crippen LogP contribution in [0.5, 0.6) is 23.0 Å². The summed E-state index contributed by atoms with van der Waals surface area (Å²) in [6.45, 7) is 8.51. The molecule has 0 aliphatic carbocycles. The molecule has 314 valence electrons. The number of hydrogen-bond acceptors (Lipinski definition) is 8. The zero-order valence-corrected chi connectivity index (χ0v) is 34.7. The fourth-order valence-electron chi connectivity index (χ4n) is 8.61. The number of ether oxygens (including phenoxy) is 6. The van der Waals surface area contributed by atoms with Crippen LogP contribution in [0.15, 0.2) is 146 Å². The Kier molecular flexibility index (Phi) is 12.6. The summed E-state index contributed by atoms with van der Waals surface area (Å²) >= 11 is 0. The van der Waals surface area contributed by atoms with Crippen molar-refractivity contribution in [3.63, 3.8) is 0 Å². The smallest absolute Gasteiger partial charge is 0.128 e. The minimum Gasteiger partial charge on any atom is -0.507 e. The van der Waals surface area contributed by atoms with Gasteiger partial charge in [0.1, 0.15) is 36.2 Å². The monoisotopic (exact) mass is 826 g/mol. The van der Waals surface area contributed by atoms with E-state index >= 15 is 0 Å². The first-order valence-electron chi connectivity index (χ1n) is 21.3. The number of fused-ring (bicyclic) bond motifs is 16. The van der Waals surface area contributed by atoms with Crippen molar-refractivity contribution in [2.45, 2.75) is 12.8 Å². The second-order valence-electron chi connectivity index (χ2n) is 15.5. The van der Waals surface area contributed by atoms with Crippen molar-refractivity contribution in [3.05, 3.63) is 157 Å². The minimum absolute atomic E-state index is 0.164. The van der Waals surface area contributed by atoms with Gasteiger partial charge in [0.05, 0.1) is 52.9 Å². The molecule has 0 aromatic heterocycles. The molecule has 0 fully saturated rings. The molecule has 8 nitrogen and oxygen atoms in total. The van der Waals surface area contributed by atoms with E-state index in [0.29, 0.717) is 102 Å². The molecular weight excluding hydrogens is 777 g/mol. The largest absolute Gasteiger partial charge is 0.507 e. The Labute approximate surface area is 361 Å². The lowest BCUT2D eigenvalue weighted by Gasteiger charge is -2.21. The lowest BCUT2D eigenvalue weighted by Crippen LogP contribution is -2.15. The van der Waals surface area contributed by atoms with Crippen molar-refractivity contribution in [2.75, 3.05) is 66.1 Å². The molecule has 1 aliphatic rings. The fraction of sp³-hybridized carbons (Fsp3) is 0.222. The van der Waals surface area contributed by atoms with Crippen LogP contribution < -0.4 is 9.47 Å². The highest BCUT2D eigenvalue weighted by Crippen LogP contribution is 2.49. The van der Waals surface area contributed by atoms with Crippen LogP contribution in [0.4, 0.5) is 0 Å². The number of phenolic OH excluding ortho intramolecular Hbond substituents is 2. The average molecular weight is 827 g/mol. The molecule has 1 heterocycles. The fourth-order valence-corrected chi connectivity index (χ4v) is 8.61. The van der Waals surface area contributed by atoms with Gasteiger partial charge >= 0.3 is 0 Å². The van der Waals surface area contributed by atoms with Crippen molar-refractivity contribution in [2.24, 2.45) is 0 Å². The maximum absolute atomic E-state index is 12.5. The van der Waals surface area contributed by atoms with E-state index in [2.05, 4.69) is 43.0 Å². The van der Waals surface area contributed by atoms with Gasteiger partial charge in [0.2, 0.25) is 0 Å². The number of hydrogen-bond donors (Lipinski definition) is 2. The Bertz CT molecular complexity index is 2690. The van der Waals surface area contributed by atoms with Crippen LogP contribution in [-0.2, 0) is 31.8 Å². The van der Waals surface area contributed by atoms with Gasteiger partial charge in [-0.05, 0) is 91.3 Å². The maximum atomic E-state index is 12.5. The Morgan fingerprint density at radius 3 is 1.06 bits per heavy atom. The van der Waals surface area contributed by atoms with Crippen LogP contribution in [0.1, 0.15) is 11.1 Å². The normalized spacial score (nSPS) is 15.5. The van der Waals surface area contributed by atoms with Gasteiger partial charge in [0.25, 0.3) is 0 Å². The Balaban J connectivity index is 1.14. The van der Waals surface area contributed by atoms with E-state index in [0.717, 1.165) is 70.9 Å². The van der Waals surface area contributed by atoms with Crippen LogP contribution in [0.2, 0.25) is 0 Å². The van der Waals surface area contributed by atoms with Crippen LogP contribution in [0.3, 0.4) is 0 Å². The van der Waals surface area contributed by atoms with Gasteiger partial charge in [0.15, 0.2) is 0 Å². The van der Waals surface area contributed by atoms with Crippen LogP contribution in [0, 0.1) is 0 Å². The summed E-state index contributed by atoms with van der Waals surface area (Å²) in [4.78, 5) is 0. The first-order chi connectivity index (χ1) is 30.5. The molecule has 0 radical (unpaired) electrons. The summed E-state index contributed by atoms with van der Waals surface area (Å²) in [6.07, 6.45) is 0.742. The van der Waals surface area contributed by atoms with Gasteiger partial charge in [-0.1, -0.05) is 121 Å². The third kappa shape index (κ3) is 8.69. The van der Waals surface area contributed by atoms with Crippen molar-refractivity contribution >= 4 is 43.1 Å². The highest BCUT2D eigenvalue weighted by molar-refractivity contribution is 6.11. The minimum atomic E-state index is 0.164. The predicted octanol–water partition coefficient (Wildman–Crippen LogP) is 11.2. The first-order valence-corrected chi connectivity index (χ1v) is 21.3. The Morgan fingerprint density at radius 2 is 0.677 bits per heavy atom. The summed E-state index contributed by atoms with van der Waals surface area (Å²) in [7, 11) is 0. The molecule has 0 unspecified atom stereocenters. The molecule has 8 aromatic carbocycles. The summed E-state index contributed by atoms with van der Waals surface area (Å²) in [5.41, 5.74) is 5.30. The molecular formula is C54H50O8. The lowest BCUT2D eigenvalue weighted by atomic mass is 9.87. The Morgan fingerprint density at radius 1 is 0.355 bits per heavy atom. The summed E-state index contributed by atoms with van der Waals surface area (Å²) in [5.74, 6) is 1.63. The molecule has 8 aromatic rings. The van der Waals surface area contributed by atoms with Crippen molar-refractivity contribution in [3.8, 4) is 45.3 Å². The van der Waals surface area contributed by atoms with E-state index in [9.17, 15) is 10.2 Å². The van der Waals surface area contributed by atoms with Crippen LogP contribution in [0.25, 0.3) is 65.3 Å². The van der Waals surface area contributed by atoms with E-state index < -0.39 is 0 Å². The van der Waals surface area contributed by atoms with Crippen LogP contribution in [-0.4, -0.2) is 76.3 Å². The molecule has 9 rings (SSSR count). The Hall–Kier alpha value is -6.42. The number of phenols is 2. The summed E-state index contributed by atoms with van der Waals surface area (Å²) in [5, 5.41) is 32.7. The van der Waals surface area contributed by atoms with E-state index in [1.165, 1.54) is 0 Å². The quantitative estimate of drug-likeness (QED) is 0.146. The van der Waals surface area contributed by atoms with Crippen molar-refractivity contribution in [1.82, 2.24) is 0 Å². The molecule has 4 bridgehead atoms. The predicted molar refractivity (Wildman–Crippen MR) is 248 cm³/mol. The van der Waals surface area contributed by atoms with E-state index in [1.807, 2.05) is 97.1 Å². The van der Waals surface area contributed by atoms with Gasteiger partial charge in [-0.3, -0.25) is 0 Å². The average Bonchev–Trinajstić information content (AvgIpc) is 3.29. The molecule has 1 aliphatic heterocycles. The molecule has 62 heavy (non-hydrogen) atoms. The number of rotatable bonds is 0. The van der Waals surface area contributed by atoms with E-state index in [-0.39, 0.29) is 11.5 Å². The van der Waals surface area contributed by atoms with Crippen molar-refractivity contribution < 1.29 is 38.6 Å². The van der Waals surface area contributed by atoms with Gasteiger partial charge in [-0.2, -0.15) is 0 Å². The van der Waals surface area contributed by atoms with Crippen LogP contribution >= 0.6 is 0 Å². The summed E-state index contributed by atoms with van der Waals surface area (Å²) < 4.78 is 36.1. The molecule has 8 heteroatoms. The third-order valence-electron chi connectivity index (χ3n) is 11.5. The highest BCUT2D eigenvalue weighted by Gasteiger charge is 2.24. The zero-order valence-electron chi connectivity index (χ0n) is 34.7. The van der Waals surface area contributed by atoms with E-state index in [1.54, 1.807) is 0 Å².